The number of rotatable bonds is 5. The molecule has 0 saturated heterocycles. The largest absolute Gasteiger partial charge is 0.497 e. The molecule has 1 N–H and O–H groups in total. The van der Waals surface area contributed by atoms with Crippen molar-refractivity contribution in [3.05, 3.63) is 28.2 Å². The van der Waals surface area contributed by atoms with E-state index < -0.39 is 0 Å². The molecule has 2 rings (SSSR count). The molecule has 21 heavy (non-hydrogen) atoms. The molecule has 0 bridgehead atoms. The van der Waals surface area contributed by atoms with Crippen molar-refractivity contribution in [2.24, 2.45) is 5.41 Å². The zero-order chi connectivity index (χ0) is 15.3. The smallest absolute Gasteiger partial charge is 0.252 e. The molecule has 1 aromatic carbocycles. The first-order valence-electron chi connectivity index (χ1n) is 7.28. The van der Waals surface area contributed by atoms with Gasteiger partial charge in [-0.3, -0.25) is 4.79 Å². The summed E-state index contributed by atoms with van der Waals surface area (Å²) in [5, 5.41) is 3.04. The first-order chi connectivity index (χ1) is 10.1. The van der Waals surface area contributed by atoms with Crippen LogP contribution in [0.4, 0.5) is 0 Å². The second-order valence-electron chi connectivity index (χ2n) is 5.72. The van der Waals surface area contributed by atoms with Crippen molar-refractivity contribution < 1.29 is 9.53 Å². The summed E-state index contributed by atoms with van der Waals surface area (Å²) in [4.78, 5) is 12.4. The number of hydrogen-bond donors (Lipinski definition) is 1. The number of benzene rings is 1. The standard InChI is InChI=1S/C16H21BrClNO2/c1-21-12-5-6-14(17)13(9-12)15(20)19-11-16(10-18)7-3-2-4-8-16/h5-6,9H,2-4,7-8,10-11H2,1H3,(H,19,20). The predicted octanol–water partition coefficient (Wildman–Crippen LogP) is 4.38. The SMILES string of the molecule is COc1ccc(Br)c(C(=O)NCC2(CCl)CCCCC2)c1. The fourth-order valence-electron chi connectivity index (χ4n) is 2.83. The lowest BCUT2D eigenvalue weighted by Crippen LogP contribution is -2.40. The quantitative estimate of drug-likeness (QED) is 0.777. The molecule has 1 aliphatic rings. The summed E-state index contributed by atoms with van der Waals surface area (Å²) in [6.45, 7) is 0.638. The van der Waals surface area contributed by atoms with Gasteiger partial charge in [-0.15, -0.1) is 11.6 Å². The summed E-state index contributed by atoms with van der Waals surface area (Å²) in [5.74, 6) is 1.19. The van der Waals surface area contributed by atoms with Crippen LogP contribution in [0.3, 0.4) is 0 Å². The highest BCUT2D eigenvalue weighted by Crippen LogP contribution is 2.36. The maximum atomic E-state index is 12.4. The lowest BCUT2D eigenvalue weighted by atomic mass is 9.75. The molecular formula is C16H21BrClNO2. The minimum atomic E-state index is -0.0872. The fraction of sp³-hybridized carbons (Fsp3) is 0.562. The summed E-state index contributed by atoms with van der Waals surface area (Å²) >= 11 is 9.58. The highest BCUT2D eigenvalue weighted by molar-refractivity contribution is 9.10. The molecule has 1 fully saturated rings. The molecule has 0 heterocycles. The van der Waals surface area contributed by atoms with Gasteiger partial charge in [0.2, 0.25) is 0 Å². The number of amides is 1. The predicted molar refractivity (Wildman–Crippen MR) is 89.3 cm³/mol. The molecule has 0 radical (unpaired) electrons. The normalized spacial score (nSPS) is 17.3. The minimum absolute atomic E-state index is 0.0564. The first kappa shape index (κ1) is 16.6. The summed E-state index contributed by atoms with van der Waals surface area (Å²) in [6.07, 6.45) is 5.86. The number of ether oxygens (including phenoxy) is 1. The van der Waals surface area contributed by atoms with E-state index in [1.165, 1.54) is 19.3 Å². The van der Waals surface area contributed by atoms with Crippen LogP contribution in [-0.2, 0) is 0 Å². The van der Waals surface area contributed by atoms with E-state index in [0.717, 1.165) is 17.3 Å². The van der Waals surface area contributed by atoms with Crippen LogP contribution in [0.25, 0.3) is 0 Å². The molecule has 3 nitrogen and oxygen atoms in total. The summed E-state index contributed by atoms with van der Waals surface area (Å²) in [6, 6.07) is 5.39. The average molecular weight is 375 g/mol. The third-order valence-corrected chi connectivity index (χ3v) is 5.50. The van der Waals surface area contributed by atoms with E-state index >= 15 is 0 Å². The summed E-state index contributed by atoms with van der Waals surface area (Å²) < 4.78 is 5.94. The molecule has 0 aromatic heterocycles. The molecule has 1 saturated carbocycles. The van der Waals surface area contributed by atoms with Gasteiger partial charge in [-0.25, -0.2) is 0 Å². The van der Waals surface area contributed by atoms with Gasteiger partial charge in [0, 0.05) is 22.3 Å². The van der Waals surface area contributed by atoms with Crippen molar-refractivity contribution >= 4 is 33.4 Å². The van der Waals surface area contributed by atoms with Crippen LogP contribution in [0.15, 0.2) is 22.7 Å². The van der Waals surface area contributed by atoms with Gasteiger partial charge in [-0.1, -0.05) is 19.3 Å². The Balaban J connectivity index is 2.04. The third kappa shape index (κ3) is 4.13. The van der Waals surface area contributed by atoms with Crippen LogP contribution in [0.2, 0.25) is 0 Å². The van der Waals surface area contributed by atoms with Crippen LogP contribution in [0, 0.1) is 5.41 Å². The van der Waals surface area contributed by atoms with Crippen LogP contribution < -0.4 is 10.1 Å². The topological polar surface area (TPSA) is 38.3 Å². The maximum absolute atomic E-state index is 12.4. The Morgan fingerprint density at radius 1 is 1.38 bits per heavy atom. The van der Waals surface area contributed by atoms with Gasteiger partial charge in [-0.05, 0) is 47.0 Å². The number of nitrogens with one attached hydrogen (secondary N) is 1. The van der Waals surface area contributed by atoms with Gasteiger partial charge in [0.1, 0.15) is 5.75 Å². The average Bonchev–Trinajstić information content (AvgIpc) is 2.54. The van der Waals surface area contributed by atoms with E-state index in [-0.39, 0.29) is 11.3 Å². The third-order valence-electron chi connectivity index (χ3n) is 4.24. The lowest BCUT2D eigenvalue weighted by Gasteiger charge is -2.35. The monoisotopic (exact) mass is 373 g/mol. The van der Waals surface area contributed by atoms with Gasteiger partial charge in [-0.2, -0.15) is 0 Å². The zero-order valence-corrected chi connectivity index (χ0v) is 14.6. The molecule has 0 aliphatic heterocycles. The van der Waals surface area contributed by atoms with Gasteiger partial charge < -0.3 is 10.1 Å². The van der Waals surface area contributed by atoms with E-state index in [1.807, 2.05) is 12.1 Å². The molecular weight excluding hydrogens is 354 g/mol. The van der Waals surface area contributed by atoms with E-state index in [2.05, 4.69) is 21.2 Å². The van der Waals surface area contributed by atoms with Crippen molar-refractivity contribution in [1.82, 2.24) is 5.32 Å². The van der Waals surface area contributed by atoms with Crippen molar-refractivity contribution in [2.45, 2.75) is 32.1 Å². The highest BCUT2D eigenvalue weighted by Gasteiger charge is 2.31. The van der Waals surface area contributed by atoms with E-state index in [1.54, 1.807) is 13.2 Å². The Labute approximate surface area is 139 Å². The number of carbonyl (C=O) groups is 1. The van der Waals surface area contributed by atoms with E-state index in [9.17, 15) is 4.79 Å². The Bertz CT molecular complexity index is 501. The van der Waals surface area contributed by atoms with Crippen LogP contribution in [0.5, 0.6) is 5.75 Å². The molecule has 1 aromatic rings. The maximum Gasteiger partial charge on any atom is 0.252 e. The molecule has 5 heteroatoms. The Morgan fingerprint density at radius 3 is 2.71 bits per heavy atom. The van der Waals surface area contributed by atoms with Gasteiger partial charge in [0.25, 0.3) is 5.91 Å². The number of hydrogen-bond acceptors (Lipinski definition) is 2. The highest BCUT2D eigenvalue weighted by atomic mass is 79.9. The van der Waals surface area contributed by atoms with Gasteiger partial charge in [0.05, 0.1) is 12.7 Å². The van der Waals surface area contributed by atoms with Crippen molar-refractivity contribution in [1.29, 1.82) is 0 Å². The molecule has 0 atom stereocenters. The van der Waals surface area contributed by atoms with Crippen LogP contribution >= 0.6 is 27.5 Å². The molecule has 1 amide bonds. The Kier molecular flexibility index (Phi) is 5.94. The number of alkyl halides is 1. The van der Waals surface area contributed by atoms with Crippen molar-refractivity contribution in [3.63, 3.8) is 0 Å². The van der Waals surface area contributed by atoms with Crippen LogP contribution in [0.1, 0.15) is 42.5 Å². The molecule has 116 valence electrons. The van der Waals surface area contributed by atoms with Gasteiger partial charge in [0.15, 0.2) is 0 Å². The van der Waals surface area contributed by atoms with Crippen LogP contribution in [-0.4, -0.2) is 25.4 Å². The second-order valence-corrected chi connectivity index (χ2v) is 6.84. The Morgan fingerprint density at radius 2 is 2.10 bits per heavy atom. The van der Waals surface area contributed by atoms with E-state index in [0.29, 0.717) is 23.7 Å². The number of carbonyl (C=O) groups excluding carboxylic acids is 1. The number of methoxy groups -OCH3 is 1. The molecule has 0 spiro atoms. The van der Waals surface area contributed by atoms with Crippen molar-refractivity contribution in [3.8, 4) is 5.75 Å². The zero-order valence-electron chi connectivity index (χ0n) is 12.3. The minimum Gasteiger partial charge on any atom is -0.497 e. The Hall–Kier alpha value is -0.740. The van der Waals surface area contributed by atoms with Gasteiger partial charge >= 0.3 is 0 Å². The lowest BCUT2D eigenvalue weighted by molar-refractivity contribution is 0.0920. The number of halogens is 2. The van der Waals surface area contributed by atoms with Crippen molar-refractivity contribution in [2.75, 3.05) is 19.5 Å². The molecule has 1 aliphatic carbocycles. The first-order valence-corrected chi connectivity index (χ1v) is 8.61. The second kappa shape index (κ2) is 7.50. The summed E-state index contributed by atoms with van der Waals surface area (Å²) in [7, 11) is 1.59. The molecule has 0 unspecified atom stereocenters. The van der Waals surface area contributed by atoms with E-state index in [4.69, 9.17) is 16.3 Å². The summed E-state index contributed by atoms with van der Waals surface area (Å²) in [5.41, 5.74) is 0.649. The fourth-order valence-corrected chi connectivity index (χ4v) is 3.62.